The molecule has 0 bridgehead atoms. The van der Waals surface area contributed by atoms with E-state index >= 15 is 0 Å². The first-order valence-electron chi connectivity index (χ1n) is 9.02. The maximum Gasteiger partial charge on any atom is 0.257 e. The molecule has 0 unspecified atom stereocenters. The Morgan fingerprint density at radius 3 is 2.57 bits per heavy atom. The van der Waals surface area contributed by atoms with E-state index in [9.17, 15) is 14.0 Å². The lowest BCUT2D eigenvalue weighted by molar-refractivity contribution is -0.123. The molecule has 0 fully saturated rings. The molecular formula is C21H22FN3O3. The summed E-state index contributed by atoms with van der Waals surface area (Å²) in [4.78, 5) is 27.0. The quantitative estimate of drug-likeness (QED) is 0.585. The van der Waals surface area contributed by atoms with Crippen LogP contribution in [0.3, 0.4) is 0 Å². The van der Waals surface area contributed by atoms with Crippen LogP contribution in [0, 0.1) is 12.7 Å². The van der Waals surface area contributed by atoms with Gasteiger partial charge < -0.3 is 20.4 Å². The van der Waals surface area contributed by atoms with E-state index in [4.69, 9.17) is 4.74 Å². The van der Waals surface area contributed by atoms with E-state index in [1.54, 1.807) is 30.3 Å². The number of nitrogens with one attached hydrogen (secondary N) is 3. The Morgan fingerprint density at radius 1 is 1.11 bits per heavy atom. The third-order valence-corrected chi connectivity index (χ3v) is 4.30. The first-order chi connectivity index (χ1) is 13.5. The van der Waals surface area contributed by atoms with Gasteiger partial charge >= 0.3 is 0 Å². The molecule has 2 amide bonds. The Labute approximate surface area is 162 Å². The molecular weight excluding hydrogens is 361 g/mol. The van der Waals surface area contributed by atoms with E-state index in [0.717, 1.165) is 16.8 Å². The minimum atomic E-state index is -0.337. The van der Waals surface area contributed by atoms with E-state index in [1.165, 1.54) is 12.1 Å². The number of hydrogen-bond donors (Lipinski definition) is 3. The Bertz CT molecular complexity index is 996. The number of benzene rings is 2. The summed E-state index contributed by atoms with van der Waals surface area (Å²) >= 11 is 0. The zero-order valence-electron chi connectivity index (χ0n) is 15.8. The summed E-state index contributed by atoms with van der Waals surface area (Å²) in [6.45, 7) is 4.19. The summed E-state index contributed by atoms with van der Waals surface area (Å²) in [5, 5.41) is 6.18. The number of aromatic amines is 1. The van der Waals surface area contributed by atoms with Gasteiger partial charge in [-0.05, 0) is 61.9 Å². The highest BCUT2D eigenvalue weighted by Gasteiger charge is 2.13. The number of aryl methyl sites for hydroxylation is 1. The fourth-order valence-corrected chi connectivity index (χ4v) is 2.98. The van der Waals surface area contributed by atoms with Gasteiger partial charge in [-0.2, -0.15) is 0 Å². The van der Waals surface area contributed by atoms with E-state index in [1.807, 2.05) is 13.8 Å². The van der Waals surface area contributed by atoms with Gasteiger partial charge in [0.25, 0.3) is 5.91 Å². The maximum atomic E-state index is 13.6. The topological polar surface area (TPSA) is 83.2 Å². The molecule has 6 nitrogen and oxygen atoms in total. The van der Waals surface area contributed by atoms with Crippen molar-refractivity contribution in [3.05, 3.63) is 59.5 Å². The summed E-state index contributed by atoms with van der Waals surface area (Å²) in [7, 11) is 0. The molecule has 3 rings (SSSR count). The van der Waals surface area contributed by atoms with Crippen LogP contribution in [-0.4, -0.2) is 29.9 Å². The highest BCUT2D eigenvalue weighted by atomic mass is 19.1. The van der Waals surface area contributed by atoms with Crippen molar-refractivity contribution in [2.24, 2.45) is 0 Å². The summed E-state index contributed by atoms with van der Waals surface area (Å²) in [5.41, 5.74) is 3.02. The largest absolute Gasteiger partial charge is 0.484 e. The van der Waals surface area contributed by atoms with Crippen molar-refractivity contribution < 1.29 is 18.7 Å². The molecule has 3 N–H and O–H groups in total. The van der Waals surface area contributed by atoms with Crippen LogP contribution >= 0.6 is 0 Å². The molecule has 1 aromatic heterocycles. The Morgan fingerprint density at radius 2 is 1.86 bits per heavy atom. The molecule has 0 aliphatic rings. The lowest BCUT2D eigenvalue weighted by atomic mass is 10.1. The van der Waals surface area contributed by atoms with Crippen LogP contribution < -0.4 is 15.4 Å². The van der Waals surface area contributed by atoms with Crippen LogP contribution in [0.5, 0.6) is 5.75 Å². The summed E-state index contributed by atoms with van der Waals surface area (Å²) in [6.07, 6.45) is 0.130. The second kappa shape index (κ2) is 8.56. The van der Waals surface area contributed by atoms with Crippen molar-refractivity contribution in [2.45, 2.75) is 20.3 Å². The minimum Gasteiger partial charge on any atom is -0.484 e. The van der Waals surface area contributed by atoms with Gasteiger partial charge in [-0.1, -0.05) is 0 Å². The normalized spacial score (nSPS) is 10.7. The lowest BCUT2D eigenvalue weighted by Crippen LogP contribution is -2.28. The Balaban J connectivity index is 1.62. The van der Waals surface area contributed by atoms with Gasteiger partial charge in [0.05, 0.1) is 6.42 Å². The molecule has 2 aromatic carbocycles. The fraction of sp³-hybridized carbons (Fsp3) is 0.238. The smallest absolute Gasteiger partial charge is 0.257 e. The molecule has 0 radical (unpaired) electrons. The first kappa shape index (κ1) is 19.4. The van der Waals surface area contributed by atoms with Crippen molar-refractivity contribution in [3.63, 3.8) is 0 Å². The maximum absolute atomic E-state index is 13.6. The van der Waals surface area contributed by atoms with Crippen LogP contribution in [0.15, 0.2) is 42.5 Å². The number of likely N-dealkylation sites (N-methyl/N-ethyl adjacent to an activating group) is 1. The molecule has 1 heterocycles. The van der Waals surface area contributed by atoms with Gasteiger partial charge in [-0.25, -0.2) is 4.39 Å². The van der Waals surface area contributed by atoms with Gasteiger partial charge in [0.15, 0.2) is 6.61 Å². The van der Waals surface area contributed by atoms with Gasteiger partial charge in [-0.15, -0.1) is 0 Å². The highest BCUT2D eigenvalue weighted by Crippen LogP contribution is 2.24. The predicted octanol–water partition coefficient (Wildman–Crippen LogP) is 3.31. The number of H-pyrrole nitrogens is 1. The van der Waals surface area contributed by atoms with Crippen molar-refractivity contribution in [1.82, 2.24) is 10.3 Å². The van der Waals surface area contributed by atoms with E-state index in [-0.39, 0.29) is 30.7 Å². The number of rotatable bonds is 7. The summed E-state index contributed by atoms with van der Waals surface area (Å²) in [6, 6.07) is 11.3. The van der Waals surface area contributed by atoms with E-state index < -0.39 is 0 Å². The molecule has 0 aliphatic heterocycles. The molecule has 7 heteroatoms. The Kier molecular flexibility index (Phi) is 5.93. The zero-order valence-corrected chi connectivity index (χ0v) is 15.8. The second-order valence-electron chi connectivity index (χ2n) is 6.41. The van der Waals surface area contributed by atoms with E-state index in [2.05, 4.69) is 15.6 Å². The number of fused-ring (bicyclic) bond motifs is 1. The minimum absolute atomic E-state index is 0.0596. The number of halogens is 1. The predicted molar refractivity (Wildman–Crippen MR) is 106 cm³/mol. The molecule has 146 valence electrons. The van der Waals surface area contributed by atoms with Crippen LogP contribution in [0.1, 0.15) is 18.2 Å². The molecule has 3 aromatic rings. The second-order valence-corrected chi connectivity index (χ2v) is 6.41. The van der Waals surface area contributed by atoms with Gasteiger partial charge in [-0.3, -0.25) is 9.59 Å². The molecule has 0 saturated heterocycles. The van der Waals surface area contributed by atoms with Crippen molar-refractivity contribution in [3.8, 4) is 5.75 Å². The third kappa shape index (κ3) is 4.68. The molecule has 28 heavy (non-hydrogen) atoms. The van der Waals surface area contributed by atoms with Crippen molar-refractivity contribution >= 4 is 28.4 Å². The van der Waals surface area contributed by atoms with Crippen LogP contribution in [-0.2, 0) is 16.0 Å². The Hall–Kier alpha value is -3.35. The number of carbonyl (C=O) groups is 2. The third-order valence-electron chi connectivity index (χ3n) is 4.30. The van der Waals surface area contributed by atoms with Crippen LogP contribution in [0.25, 0.3) is 10.9 Å². The van der Waals surface area contributed by atoms with Crippen molar-refractivity contribution in [2.75, 3.05) is 18.5 Å². The van der Waals surface area contributed by atoms with Gasteiger partial charge in [0, 0.05) is 28.8 Å². The number of hydrogen-bond acceptors (Lipinski definition) is 3. The number of aromatic nitrogens is 1. The fourth-order valence-electron chi connectivity index (χ4n) is 2.98. The summed E-state index contributed by atoms with van der Waals surface area (Å²) in [5.74, 6) is -0.196. The molecule has 0 atom stereocenters. The molecule has 0 spiro atoms. The number of carbonyl (C=O) groups excluding carboxylic acids is 2. The standard InChI is InChI=1S/C21H22FN3O3/c1-3-23-21(27)12-28-16-7-5-15(6-8-16)25-20(26)11-17-13(2)24-19-9-4-14(22)10-18(17)19/h4-10,24H,3,11-12H2,1-2H3,(H,23,27)(H,25,26). The average Bonchev–Trinajstić information content (AvgIpc) is 2.96. The van der Waals surface area contributed by atoms with Crippen molar-refractivity contribution in [1.29, 1.82) is 0 Å². The van der Waals surface area contributed by atoms with Gasteiger partial charge in [0.2, 0.25) is 5.91 Å². The zero-order chi connectivity index (χ0) is 20.1. The molecule has 0 aliphatic carbocycles. The van der Waals surface area contributed by atoms with Crippen LogP contribution in [0.4, 0.5) is 10.1 Å². The number of anilines is 1. The monoisotopic (exact) mass is 383 g/mol. The van der Waals surface area contributed by atoms with Crippen LogP contribution in [0.2, 0.25) is 0 Å². The lowest BCUT2D eigenvalue weighted by Gasteiger charge is -2.08. The number of ether oxygens (including phenoxy) is 1. The SMILES string of the molecule is CCNC(=O)COc1ccc(NC(=O)Cc2c(C)[nH]c3ccc(F)cc23)cc1. The average molecular weight is 383 g/mol. The summed E-state index contributed by atoms with van der Waals surface area (Å²) < 4.78 is 18.9. The first-order valence-corrected chi connectivity index (χ1v) is 9.02. The molecule has 0 saturated carbocycles. The van der Waals surface area contributed by atoms with E-state index in [0.29, 0.717) is 23.4 Å². The number of amides is 2. The van der Waals surface area contributed by atoms with Gasteiger partial charge in [0.1, 0.15) is 11.6 Å². The highest BCUT2D eigenvalue weighted by molar-refractivity contribution is 5.96.